The van der Waals surface area contributed by atoms with E-state index in [9.17, 15) is 8.42 Å². The highest BCUT2D eigenvalue weighted by Gasteiger charge is 2.29. The number of aliphatic imine (C=N–C) groups is 1. The predicted octanol–water partition coefficient (Wildman–Crippen LogP) is 2.69. The zero-order valence-electron chi connectivity index (χ0n) is 10.4. The summed E-state index contributed by atoms with van der Waals surface area (Å²) in [5, 5.41) is 0. The molecule has 2 aromatic rings. The van der Waals surface area contributed by atoms with Crippen LogP contribution in [-0.4, -0.2) is 14.3 Å². The molecular weight excluding hydrogens is 340 g/mol. The van der Waals surface area contributed by atoms with Gasteiger partial charge >= 0.3 is 0 Å². The van der Waals surface area contributed by atoms with E-state index in [-0.39, 0.29) is 4.90 Å². The minimum atomic E-state index is -3.46. The number of sulfonamides is 1. The summed E-state index contributed by atoms with van der Waals surface area (Å²) in [5.74, 6) is 0.399. The highest BCUT2D eigenvalue weighted by molar-refractivity contribution is 9.10. The summed E-state index contributed by atoms with van der Waals surface area (Å²) >= 11 is 3.45. The molecule has 0 fully saturated rings. The van der Waals surface area contributed by atoms with Crippen LogP contribution in [0.15, 0.2) is 62.9 Å². The zero-order valence-corrected chi connectivity index (χ0v) is 12.8. The fourth-order valence-corrected chi connectivity index (χ4v) is 3.70. The van der Waals surface area contributed by atoms with Crippen molar-refractivity contribution in [2.24, 2.45) is 4.99 Å². The maximum Gasteiger partial charge on any atom is 0.263 e. The van der Waals surface area contributed by atoms with Gasteiger partial charge in [0.15, 0.2) is 0 Å². The summed E-state index contributed by atoms with van der Waals surface area (Å²) in [5.41, 5.74) is 1.63. The molecule has 0 saturated carbocycles. The van der Waals surface area contributed by atoms with Crippen molar-refractivity contribution in [1.29, 1.82) is 0 Å². The van der Waals surface area contributed by atoms with Gasteiger partial charge in [-0.15, -0.1) is 0 Å². The molecule has 20 heavy (non-hydrogen) atoms. The van der Waals surface area contributed by atoms with Gasteiger partial charge in [-0.1, -0.05) is 46.3 Å². The van der Waals surface area contributed by atoms with Crippen molar-refractivity contribution in [2.75, 3.05) is 0 Å². The molecule has 1 aliphatic rings. The highest BCUT2D eigenvalue weighted by Crippen LogP contribution is 2.23. The Morgan fingerprint density at radius 3 is 2.55 bits per heavy atom. The van der Waals surface area contributed by atoms with E-state index in [1.165, 1.54) is 0 Å². The van der Waals surface area contributed by atoms with Crippen molar-refractivity contribution >= 4 is 31.8 Å². The number of nitrogens with zero attached hydrogens (tertiary/aromatic N) is 1. The van der Waals surface area contributed by atoms with Gasteiger partial charge in [0.25, 0.3) is 10.0 Å². The number of fused-ring (bicyclic) bond motifs is 1. The van der Waals surface area contributed by atoms with E-state index < -0.39 is 10.0 Å². The Morgan fingerprint density at radius 1 is 1.05 bits per heavy atom. The van der Waals surface area contributed by atoms with Gasteiger partial charge in [0.2, 0.25) is 0 Å². The number of amidine groups is 1. The van der Waals surface area contributed by atoms with E-state index >= 15 is 0 Å². The van der Waals surface area contributed by atoms with Crippen LogP contribution in [0.1, 0.15) is 11.1 Å². The molecule has 0 bridgehead atoms. The molecule has 6 heteroatoms. The summed E-state index contributed by atoms with van der Waals surface area (Å²) < 4.78 is 27.3. The molecule has 0 aromatic heterocycles. The predicted molar refractivity (Wildman–Crippen MR) is 81.1 cm³/mol. The van der Waals surface area contributed by atoms with E-state index in [1.807, 2.05) is 24.3 Å². The largest absolute Gasteiger partial charge is 0.263 e. The molecule has 0 amide bonds. The number of hydrogen-bond acceptors (Lipinski definition) is 3. The maximum atomic E-state index is 11.9. The number of nitrogens with one attached hydrogen (secondary N) is 1. The van der Waals surface area contributed by atoms with Crippen molar-refractivity contribution in [3.05, 3.63) is 64.1 Å². The lowest BCUT2D eigenvalue weighted by Gasteiger charge is -2.02. The number of benzene rings is 2. The monoisotopic (exact) mass is 350 g/mol. The van der Waals surface area contributed by atoms with Crippen LogP contribution in [0.25, 0.3) is 0 Å². The van der Waals surface area contributed by atoms with Crippen LogP contribution in [0.5, 0.6) is 0 Å². The first kappa shape index (κ1) is 13.3. The van der Waals surface area contributed by atoms with Crippen molar-refractivity contribution < 1.29 is 8.42 Å². The second-order valence-corrected chi connectivity index (χ2v) is 6.86. The Labute approximate surface area is 125 Å². The average Bonchev–Trinajstić information content (AvgIpc) is 2.70. The zero-order chi connectivity index (χ0) is 14.2. The third-order valence-corrected chi connectivity index (χ3v) is 5.20. The summed E-state index contributed by atoms with van der Waals surface area (Å²) in [6.07, 6.45) is 0. The van der Waals surface area contributed by atoms with Crippen LogP contribution in [0.2, 0.25) is 0 Å². The van der Waals surface area contributed by atoms with Gasteiger partial charge in [0, 0.05) is 10.0 Å². The van der Waals surface area contributed by atoms with Crippen LogP contribution < -0.4 is 4.72 Å². The summed E-state index contributed by atoms with van der Waals surface area (Å²) in [4.78, 5) is 4.67. The Bertz CT molecular complexity index is 800. The van der Waals surface area contributed by atoms with Crippen LogP contribution in [0, 0.1) is 0 Å². The average molecular weight is 351 g/mol. The number of rotatable bonds is 2. The molecule has 1 heterocycles. The van der Waals surface area contributed by atoms with Crippen LogP contribution in [0.3, 0.4) is 0 Å². The SMILES string of the molecule is O=S1(=O)NC(=NCc2ccccc2Br)c2ccccc21. The third-order valence-electron chi connectivity index (χ3n) is 3.03. The van der Waals surface area contributed by atoms with Crippen molar-refractivity contribution in [3.8, 4) is 0 Å². The first-order chi connectivity index (χ1) is 9.58. The highest BCUT2D eigenvalue weighted by atomic mass is 79.9. The van der Waals surface area contributed by atoms with E-state index in [2.05, 4.69) is 25.6 Å². The topological polar surface area (TPSA) is 58.5 Å². The van der Waals surface area contributed by atoms with E-state index in [0.29, 0.717) is 17.9 Å². The van der Waals surface area contributed by atoms with Gasteiger partial charge in [-0.3, -0.25) is 9.71 Å². The molecule has 102 valence electrons. The van der Waals surface area contributed by atoms with Crippen molar-refractivity contribution in [2.45, 2.75) is 11.4 Å². The number of hydrogen-bond donors (Lipinski definition) is 1. The normalized spacial score (nSPS) is 17.8. The van der Waals surface area contributed by atoms with Gasteiger partial charge in [-0.25, -0.2) is 8.42 Å². The van der Waals surface area contributed by atoms with Gasteiger partial charge in [-0.05, 0) is 23.8 Å². The van der Waals surface area contributed by atoms with Crippen LogP contribution in [0.4, 0.5) is 0 Å². The molecule has 0 spiro atoms. The second-order valence-electron chi connectivity index (χ2n) is 4.36. The smallest absolute Gasteiger partial charge is 0.263 e. The van der Waals surface area contributed by atoms with Gasteiger partial charge in [-0.2, -0.15) is 0 Å². The fourth-order valence-electron chi connectivity index (χ4n) is 2.04. The molecule has 1 N–H and O–H groups in total. The van der Waals surface area contributed by atoms with Gasteiger partial charge in [0.1, 0.15) is 5.84 Å². The molecule has 0 unspecified atom stereocenters. The minimum Gasteiger partial charge on any atom is -0.263 e. The Hall–Kier alpha value is -1.66. The second kappa shape index (κ2) is 5.03. The first-order valence-electron chi connectivity index (χ1n) is 5.98. The molecule has 4 nitrogen and oxygen atoms in total. The third kappa shape index (κ3) is 2.36. The molecule has 0 aliphatic carbocycles. The quantitative estimate of drug-likeness (QED) is 0.905. The lowest BCUT2D eigenvalue weighted by Crippen LogP contribution is -2.22. The summed E-state index contributed by atoms with van der Waals surface area (Å²) in [6.45, 7) is 0.410. The van der Waals surface area contributed by atoms with Crippen molar-refractivity contribution in [1.82, 2.24) is 4.72 Å². The molecule has 3 rings (SSSR count). The molecule has 0 radical (unpaired) electrons. The summed E-state index contributed by atoms with van der Waals surface area (Å²) in [7, 11) is -3.46. The van der Waals surface area contributed by atoms with Crippen molar-refractivity contribution in [3.63, 3.8) is 0 Å². The van der Waals surface area contributed by atoms with Crippen LogP contribution >= 0.6 is 15.9 Å². The van der Waals surface area contributed by atoms with Gasteiger partial charge < -0.3 is 0 Å². The molecule has 0 atom stereocenters. The van der Waals surface area contributed by atoms with E-state index in [1.54, 1.807) is 24.3 Å². The van der Waals surface area contributed by atoms with E-state index in [4.69, 9.17) is 0 Å². The Morgan fingerprint density at radius 2 is 1.75 bits per heavy atom. The Balaban J connectivity index is 1.97. The molecule has 0 saturated heterocycles. The first-order valence-corrected chi connectivity index (χ1v) is 8.25. The number of halogens is 1. The maximum absolute atomic E-state index is 11.9. The minimum absolute atomic E-state index is 0.283. The molecule has 1 aliphatic heterocycles. The van der Waals surface area contributed by atoms with Gasteiger partial charge in [0.05, 0.1) is 11.4 Å². The van der Waals surface area contributed by atoms with Crippen LogP contribution in [-0.2, 0) is 16.6 Å². The van der Waals surface area contributed by atoms with E-state index in [0.717, 1.165) is 10.0 Å². The standard InChI is InChI=1S/C14H11BrN2O2S/c15-12-7-3-1-5-10(12)9-16-14-11-6-2-4-8-13(11)20(18,19)17-14/h1-8H,9H2,(H,16,17). The molecule has 2 aromatic carbocycles. The fraction of sp³-hybridized carbons (Fsp3) is 0.0714. The Kier molecular flexibility index (Phi) is 3.35. The summed E-state index contributed by atoms with van der Waals surface area (Å²) in [6, 6.07) is 14.6. The molecular formula is C14H11BrN2O2S. The lowest BCUT2D eigenvalue weighted by atomic mass is 10.2. The lowest BCUT2D eigenvalue weighted by molar-refractivity contribution is 0.595.